The predicted octanol–water partition coefficient (Wildman–Crippen LogP) is 3.84. The van der Waals surface area contributed by atoms with Crippen molar-refractivity contribution in [3.8, 4) is 0 Å². The summed E-state index contributed by atoms with van der Waals surface area (Å²) in [6, 6.07) is 0. The molecule has 2 N–H and O–H groups in total. The van der Waals surface area contributed by atoms with Gasteiger partial charge in [-0.15, -0.1) is 0 Å². The molecule has 0 amide bonds. The number of rotatable bonds is 0. The summed E-state index contributed by atoms with van der Waals surface area (Å²) in [5, 5.41) is 10.6. The molecule has 27 heavy (non-hydrogen) atoms. The van der Waals surface area contributed by atoms with Crippen LogP contribution in [0.2, 0.25) is 0 Å². The van der Waals surface area contributed by atoms with Gasteiger partial charge >= 0.3 is 0 Å². The Kier molecular flexibility index (Phi) is 7.45. The minimum absolute atomic E-state index is 0.0660. The maximum absolute atomic E-state index is 4.13. The lowest BCUT2D eigenvalue weighted by Crippen LogP contribution is -2.21. The fourth-order valence-electron chi connectivity index (χ4n) is 1.80. The zero-order valence-corrected chi connectivity index (χ0v) is 18.1. The molecule has 0 atom stereocenters. The molecule has 8 heteroatoms. The lowest BCUT2D eigenvalue weighted by Gasteiger charge is -2.17. The molecule has 3 aromatic rings. The van der Waals surface area contributed by atoms with Crippen LogP contribution in [0.3, 0.4) is 0 Å². The molecule has 8 nitrogen and oxygen atoms in total. The third kappa shape index (κ3) is 8.15. The zero-order chi connectivity index (χ0) is 20.7. The first-order valence-electron chi connectivity index (χ1n) is 9.02. The van der Waals surface area contributed by atoms with Gasteiger partial charge in [-0.3, -0.25) is 5.10 Å². The highest BCUT2D eigenvalue weighted by molar-refractivity contribution is 5.00. The molecule has 0 radical (unpaired) electrons. The number of H-pyrrole nitrogens is 2. The van der Waals surface area contributed by atoms with Crippen LogP contribution in [0.15, 0.2) is 31.4 Å². The number of imidazole rings is 1. The standard InChI is InChI=1S/C7H12N2.2C6H11N3/c1-7(2,3)6-8-4-5-9-6;1-6(2,3)9-5-7-4-8-9;1-6(2,3)5-7-4-8-9-5/h4-5H,1-3H3,(H,8,9);4-5H,1-3H3;4H,1-3H3,(H,7,8,9). The van der Waals surface area contributed by atoms with Gasteiger partial charge in [-0.05, 0) is 20.8 Å². The Morgan fingerprint density at radius 3 is 1.67 bits per heavy atom. The van der Waals surface area contributed by atoms with Crippen LogP contribution in [0.5, 0.6) is 0 Å². The summed E-state index contributed by atoms with van der Waals surface area (Å²) in [6.45, 7) is 18.9. The first-order chi connectivity index (χ1) is 12.3. The van der Waals surface area contributed by atoms with Gasteiger partial charge in [0.05, 0.1) is 5.54 Å². The van der Waals surface area contributed by atoms with Gasteiger partial charge in [0.15, 0.2) is 0 Å². The molecule has 0 aliphatic carbocycles. The minimum atomic E-state index is 0.0660. The largest absolute Gasteiger partial charge is 0.348 e. The molecule has 0 saturated heterocycles. The summed E-state index contributed by atoms with van der Waals surface area (Å²) in [6.07, 6.45) is 8.42. The molecule has 150 valence electrons. The average molecular weight is 375 g/mol. The highest BCUT2D eigenvalue weighted by Crippen LogP contribution is 2.16. The van der Waals surface area contributed by atoms with E-state index in [1.165, 1.54) is 6.33 Å². The molecular formula is C19H34N8. The van der Waals surface area contributed by atoms with E-state index in [9.17, 15) is 0 Å². The van der Waals surface area contributed by atoms with Gasteiger partial charge < -0.3 is 4.98 Å². The molecule has 0 unspecified atom stereocenters. The van der Waals surface area contributed by atoms with Crippen molar-refractivity contribution in [3.05, 3.63) is 43.0 Å². The van der Waals surface area contributed by atoms with Crippen LogP contribution in [-0.2, 0) is 16.4 Å². The monoisotopic (exact) mass is 374 g/mol. The van der Waals surface area contributed by atoms with Crippen molar-refractivity contribution >= 4 is 0 Å². The van der Waals surface area contributed by atoms with E-state index >= 15 is 0 Å². The number of nitrogens with one attached hydrogen (secondary N) is 2. The van der Waals surface area contributed by atoms with E-state index < -0.39 is 0 Å². The Balaban J connectivity index is 0.000000202. The highest BCUT2D eigenvalue weighted by atomic mass is 15.3. The molecule has 3 heterocycles. The topological polar surface area (TPSA) is 101 Å². The van der Waals surface area contributed by atoms with Crippen LogP contribution in [0.25, 0.3) is 0 Å². The molecule has 3 rings (SSSR count). The first-order valence-corrected chi connectivity index (χ1v) is 9.02. The molecule has 0 spiro atoms. The number of hydrogen-bond acceptors (Lipinski definition) is 5. The van der Waals surface area contributed by atoms with Gasteiger partial charge in [-0.25, -0.2) is 19.6 Å². The van der Waals surface area contributed by atoms with E-state index in [0.29, 0.717) is 0 Å². The van der Waals surface area contributed by atoms with Gasteiger partial charge in [0.25, 0.3) is 0 Å². The lowest BCUT2D eigenvalue weighted by molar-refractivity contribution is 0.354. The summed E-state index contributed by atoms with van der Waals surface area (Å²) in [7, 11) is 0. The van der Waals surface area contributed by atoms with Crippen molar-refractivity contribution in [2.75, 3.05) is 0 Å². The molecule has 0 aromatic carbocycles. The van der Waals surface area contributed by atoms with Crippen molar-refractivity contribution in [1.82, 2.24) is 39.9 Å². The van der Waals surface area contributed by atoms with E-state index in [2.05, 4.69) is 97.5 Å². The molecule has 0 aliphatic rings. The van der Waals surface area contributed by atoms with Crippen LogP contribution in [0.4, 0.5) is 0 Å². The number of nitrogens with zero attached hydrogens (tertiary/aromatic N) is 6. The van der Waals surface area contributed by atoms with Gasteiger partial charge in [0, 0.05) is 23.2 Å². The molecule has 3 aromatic heterocycles. The van der Waals surface area contributed by atoms with Crippen LogP contribution in [0, 0.1) is 0 Å². The van der Waals surface area contributed by atoms with E-state index in [1.54, 1.807) is 18.9 Å². The van der Waals surface area contributed by atoms with Crippen LogP contribution in [-0.4, -0.2) is 39.9 Å². The minimum Gasteiger partial charge on any atom is -0.348 e. The third-order valence-corrected chi connectivity index (χ3v) is 3.44. The second kappa shape index (κ2) is 8.92. The van der Waals surface area contributed by atoms with E-state index in [4.69, 9.17) is 0 Å². The van der Waals surface area contributed by atoms with Crippen molar-refractivity contribution in [2.24, 2.45) is 0 Å². The average Bonchev–Trinajstić information content (AvgIpc) is 3.28. The van der Waals surface area contributed by atoms with E-state index in [-0.39, 0.29) is 16.4 Å². The quantitative estimate of drug-likeness (QED) is 0.622. The predicted molar refractivity (Wildman–Crippen MR) is 107 cm³/mol. The van der Waals surface area contributed by atoms with Gasteiger partial charge in [-0.2, -0.15) is 10.2 Å². The van der Waals surface area contributed by atoms with E-state index in [1.807, 2.05) is 10.9 Å². The van der Waals surface area contributed by atoms with Crippen molar-refractivity contribution in [1.29, 1.82) is 0 Å². The Labute approximate surface area is 162 Å². The van der Waals surface area contributed by atoms with Crippen molar-refractivity contribution < 1.29 is 0 Å². The fraction of sp³-hybridized carbons (Fsp3) is 0.632. The molecule has 0 saturated carbocycles. The maximum atomic E-state index is 4.13. The maximum Gasteiger partial charge on any atom is 0.137 e. The molecule has 0 aliphatic heterocycles. The second-order valence-corrected chi connectivity index (χ2v) is 9.28. The summed E-state index contributed by atoms with van der Waals surface area (Å²) in [5.41, 5.74) is 0.316. The van der Waals surface area contributed by atoms with E-state index in [0.717, 1.165) is 11.6 Å². The fourth-order valence-corrected chi connectivity index (χ4v) is 1.80. The number of hydrogen-bond donors (Lipinski definition) is 2. The second-order valence-electron chi connectivity index (χ2n) is 9.28. The van der Waals surface area contributed by atoms with Crippen LogP contribution >= 0.6 is 0 Å². The molecular weight excluding hydrogens is 340 g/mol. The Hall–Kier alpha value is -2.51. The summed E-state index contributed by atoms with van der Waals surface area (Å²) < 4.78 is 1.83. The van der Waals surface area contributed by atoms with Crippen LogP contribution < -0.4 is 0 Å². The normalized spacial score (nSPS) is 11.9. The summed E-state index contributed by atoms with van der Waals surface area (Å²) in [5.74, 6) is 1.98. The number of aromatic nitrogens is 8. The van der Waals surface area contributed by atoms with Crippen molar-refractivity contribution in [3.63, 3.8) is 0 Å². The zero-order valence-electron chi connectivity index (χ0n) is 18.1. The number of aromatic amines is 2. The Morgan fingerprint density at radius 1 is 0.815 bits per heavy atom. The first kappa shape index (κ1) is 22.5. The lowest BCUT2D eigenvalue weighted by atomic mass is 9.96. The SMILES string of the molecule is CC(C)(C)c1ncc[nH]1.CC(C)(C)c1ncn[nH]1.CC(C)(C)n1cncn1. The van der Waals surface area contributed by atoms with Gasteiger partial charge in [-0.1, -0.05) is 41.5 Å². The highest BCUT2D eigenvalue weighted by Gasteiger charge is 2.16. The van der Waals surface area contributed by atoms with Gasteiger partial charge in [0.2, 0.25) is 0 Å². The summed E-state index contributed by atoms with van der Waals surface area (Å²) in [4.78, 5) is 15.1. The smallest absolute Gasteiger partial charge is 0.137 e. The molecule has 0 fully saturated rings. The van der Waals surface area contributed by atoms with Crippen LogP contribution in [0.1, 0.15) is 74.0 Å². The Morgan fingerprint density at radius 2 is 1.44 bits per heavy atom. The molecule has 0 bridgehead atoms. The van der Waals surface area contributed by atoms with Crippen molar-refractivity contribution in [2.45, 2.75) is 78.7 Å². The third-order valence-electron chi connectivity index (χ3n) is 3.44. The summed E-state index contributed by atoms with van der Waals surface area (Å²) >= 11 is 0. The van der Waals surface area contributed by atoms with Gasteiger partial charge in [0.1, 0.15) is 30.6 Å². The Bertz CT molecular complexity index is 616.